The van der Waals surface area contributed by atoms with Gasteiger partial charge in [0, 0.05) is 47.7 Å². The zero-order chi connectivity index (χ0) is 26.2. The van der Waals surface area contributed by atoms with E-state index >= 15 is 0 Å². The number of aromatic hydroxyl groups is 1. The van der Waals surface area contributed by atoms with E-state index in [-0.39, 0.29) is 29.2 Å². The third-order valence-corrected chi connectivity index (χ3v) is 9.37. The van der Waals surface area contributed by atoms with E-state index in [1.165, 1.54) is 0 Å². The molecule has 2 N–H and O–H groups in total. The van der Waals surface area contributed by atoms with Gasteiger partial charge in [0.1, 0.15) is 11.5 Å². The number of benzene rings is 1. The van der Waals surface area contributed by atoms with Crippen LogP contribution in [-0.4, -0.2) is 62.0 Å². The Morgan fingerprint density at radius 2 is 1.95 bits per heavy atom. The molecule has 3 atom stereocenters. The Kier molecular flexibility index (Phi) is 5.22. The lowest BCUT2D eigenvalue weighted by atomic mass is 9.66. The molecule has 1 spiro atoms. The Balaban J connectivity index is 0.975. The summed E-state index contributed by atoms with van der Waals surface area (Å²) < 4.78 is 5.66. The van der Waals surface area contributed by atoms with E-state index in [0.29, 0.717) is 29.1 Å². The smallest absolute Gasteiger partial charge is 0.226 e. The van der Waals surface area contributed by atoms with Gasteiger partial charge in [-0.3, -0.25) is 4.79 Å². The fraction of sp³-hybridized carbons (Fsp3) is 0.517. The summed E-state index contributed by atoms with van der Waals surface area (Å²) in [4.78, 5) is 18.0. The van der Waals surface area contributed by atoms with E-state index in [2.05, 4.69) is 57.3 Å². The first kappa shape index (κ1) is 23.5. The van der Waals surface area contributed by atoms with Crippen LogP contribution in [0.3, 0.4) is 0 Å². The number of phenolic OH excluding ortho intramolecular Hbond substituents is 1. The van der Waals surface area contributed by atoms with Gasteiger partial charge in [-0.15, -0.1) is 10.2 Å². The topological polar surface area (TPSA) is 108 Å². The van der Waals surface area contributed by atoms with Crippen LogP contribution in [-0.2, 0) is 11.2 Å². The number of phenols is 1. The van der Waals surface area contributed by atoms with Crippen LogP contribution in [0, 0.1) is 11.8 Å². The molecule has 3 aliphatic heterocycles. The van der Waals surface area contributed by atoms with E-state index in [9.17, 15) is 9.90 Å². The zero-order valence-electron chi connectivity index (χ0n) is 22.1. The summed E-state index contributed by atoms with van der Waals surface area (Å²) in [5.74, 6) is 4.00. The SMILES string of the molecule is CC(C)[C@@H](C)c1cc(N2C[C@@H]3C[C@H]2CN3C(=O)C2CC3(Cc4cc(-c5ccccc5O)nnc4N3)C2)no1. The van der Waals surface area contributed by atoms with E-state index in [0.717, 1.165) is 61.7 Å². The molecule has 2 bridgehead atoms. The van der Waals surface area contributed by atoms with E-state index < -0.39 is 0 Å². The summed E-state index contributed by atoms with van der Waals surface area (Å²) in [7, 11) is 0. The lowest BCUT2D eigenvalue weighted by molar-refractivity contribution is -0.141. The van der Waals surface area contributed by atoms with Gasteiger partial charge in [-0.2, -0.15) is 0 Å². The molecule has 2 aromatic heterocycles. The number of aromatic nitrogens is 3. The summed E-state index contributed by atoms with van der Waals surface area (Å²) >= 11 is 0. The molecular weight excluding hydrogens is 480 g/mol. The first-order valence-electron chi connectivity index (χ1n) is 13.8. The Bertz CT molecular complexity index is 1400. The van der Waals surface area contributed by atoms with E-state index in [1.54, 1.807) is 12.1 Å². The minimum atomic E-state index is -0.121. The molecule has 2 saturated heterocycles. The van der Waals surface area contributed by atoms with Crippen molar-refractivity contribution in [2.75, 3.05) is 23.3 Å². The lowest BCUT2D eigenvalue weighted by Crippen LogP contribution is -2.57. The molecule has 5 heterocycles. The van der Waals surface area contributed by atoms with Crippen molar-refractivity contribution >= 4 is 17.5 Å². The van der Waals surface area contributed by atoms with Crippen molar-refractivity contribution < 1.29 is 14.4 Å². The lowest BCUT2D eigenvalue weighted by Gasteiger charge is -2.47. The van der Waals surface area contributed by atoms with Gasteiger partial charge < -0.3 is 24.7 Å². The number of piperazine rings is 1. The van der Waals surface area contributed by atoms with Crippen molar-refractivity contribution in [1.82, 2.24) is 20.3 Å². The number of anilines is 2. The van der Waals surface area contributed by atoms with E-state index in [4.69, 9.17) is 4.52 Å². The summed E-state index contributed by atoms with van der Waals surface area (Å²) in [5.41, 5.74) is 2.32. The number of nitrogens with one attached hydrogen (secondary N) is 1. The van der Waals surface area contributed by atoms with Crippen molar-refractivity contribution in [2.45, 2.75) is 70.0 Å². The van der Waals surface area contributed by atoms with Gasteiger partial charge in [-0.25, -0.2) is 0 Å². The van der Waals surface area contributed by atoms with Crippen LogP contribution in [0.4, 0.5) is 11.6 Å². The molecular formula is C29H34N6O3. The summed E-state index contributed by atoms with van der Waals surface area (Å²) in [6, 6.07) is 11.8. The molecule has 1 amide bonds. The van der Waals surface area contributed by atoms with Gasteiger partial charge >= 0.3 is 0 Å². The highest BCUT2D eigenvalue weighted by atomic mass is 16.5. The molecule has 1 aromatic carbocycles. The Morgan fingerprint density at radius 1 is 1.13 bits per heavy atom. The molecule has 3 aromatic rings. The number of likely N-dealkylation sites (tertiary alicyclic amines) is 1. The van der Waals surface area contributed by atoms with Crippen LogP contribution in [0.15, 0.2) is 40.9 Å². The maximum atomic E-state index is 13.5. The minimum absolute atomic E-state index is 0.0424. The number of carbonyl (C=O) groups is 1. The first-order valence-corrected chi connectivity index (χ1v) is 13.8. The molecule has 198 valence electrons. The maximum Gasteiger partial charge on any atom is 0.226 e. The number of carbonyl (C=O) groups excluding carboxylic acids is 1. The number of nitrogens with zero attached hydrogens (tertiary/aromatic N) is 5. The summed E-state index contributed by atoms with van der Waals surface area (Å²) in [5, 5.41) is 26.9. The second kappa shape index (κ2) is 8.44. The molecule has 1 aliphatic carbocycles. The van der Waals surface area contributed by atoms with Crippen molar-refractivity contribution in [2.24, 2.45) is 11.8 Å². The molecule has 9 nitrogen and oxygen atoms in total. The fourth-order valence-electron chi connectivity index (χ4n) is 6.87. The number of fused-ring (bicyclic) bond motifs is 3. The normalized spacial score (nSPS) is 28.1. The van der Waals surface area contributed by atoms with Gasteiger partial charge in [0.15, 0.2) is 11.6 Å². The third-order valence-electron chi connectivity index (χ3n) is 9.37. The van der Waals surface area contributed by atoms with Crippen LogP contribution >= 0.6 is 0 Å². The predicted molar refractivity (Wildman–Crippen MR) is 143 cm³/mol. The largest absolute Gasteiger partial charge is 0.507 e. The highest BCUT2D eigenvalue weighted by Crippen LogP contribution is 2.49. The highest BCUT2D eigenvalue weighted by Gasteiger charge is 2.55. The second-order valence-electron chi connectivity index (χ2n) is 12.1. The standard InChI is InChI=1S/C29H34N6O3/c1-16(2)17(3)25-10-26(33-38-25)34-14-21-9-20(34)15-35(21)28(37)19-12-29(13-19)11-18-8-23(31-32-27(18)30-29)22-6-4-5-7-24(22)36/h4-8,10,16-17,19-21,36H,9,11-15H2,1-3H3,(H,30,32)/t17-,19?,20+,21+,29?/m1/s1. The number of hydrogen-bond donors (Lipinski definition) is 2. The number of amides is 1. The first-order chi connectivity index (χ1) is 18.3. The van der Waals surface area contributed by atoms with Crippen LogP contribution in [0.1, 0.15) is 57.3 Å². The monoisotopic (exact) mass is 514 g/mol. The fourth-order valence-corrected chi connectivity index (χ4v) is 6.87. The number of hydrogen-bond acceptors (Lipinski definition) is 8. The van der Waals surface area contributed by atoms with Crippen molar-refractivity contribution in [3.8, 4) is 17.0 Å². The van der Waals surface area contributed by atoms with Gasteiger partial charge in [0.25, 0.3) is 0 Å². The molecule has 7 rings (SSSR count). The van der Waals surface area contributed by atoms with Crippen molar-refractivity contribution in [1.29, 1.82) is 0 Å². The molecule has 9 heteroatoms. The molecule has 4 aliphatic rings. The Morgan fingerprint density at radius 3 is 2.68 bits per heavy atom. The summed E-state index contributed by atoms with van der Waals surface area (Å²) in [6.45, 7) is 8.15. The van der Waals surface area contributed by atoms with Crippen LogP contribution in [0.2, 0.25) is 0 Å². The van der Waals surface area contributed by atoms with Gasteiger partial charge in [0.05, 0.1) is 17.8 Å². The van der Waals surface area contributed by atoms with Crippen LogP contribution in [0.5, 0.6) is 5.75 Å². The quantitative estimate of drug-likeness (QED) is 0.522. The Labute approximate surface area is 222 Å². The second-order valence-corrected chi connectivity index (χ2v) is 12.1. The van der Waals surface area contributed by atoms with Gasteiger partial charge in [0.2, 0.25) is 5.91 Å². The molecule has 3 fully saturated rings. The van der Waals surface area contributed by atoms with Gasteiger partial charge in [-0.1, -0.05) is 38.1 Å². The minimum Gasteiger partial charge on any atom is -0.507 e. The van der Waals surface area contributed by atoms with E-state index in [1.807, 2.05) is 18.2 Å². The number of rotatable bonds is 5. The van der Waals surface area contributed by atoms with Gasteiger partial charge in [-0.05, 0) is 49.8 Å². The Hall–Kier alpha value is -3.62. The van der Waals surface area contributed by atoms with Crippen LogP contribution in [0.25, 0.3) is 11.3 Å². The average molecular weight is 515 g/mol. The van der Waals surface area contributed by atoms with Crippen LogP contribution < -0.4 is 10.2 Å². The molecule has 0 radical (unpaired) electrons. The molecule has 38 heavy (non-hydrogen) atoms. The van der Waals surface area contributed by atoms with Crippen molar-refractivity contribution in [3.05, 3.63) is 47.7 Å². The third kappa shape index (κ3) is 3.66. The average Bonchev–Trinajstić information content (AvgIpc) is 3.68. The molecule has 1 saturated carbocycles. The predicted octanol–water partition coefficient (Wildman–Crippen LogP) is 4.20. The maximum absolute atomic E-state index is 13.5. The highest BCUT2D eigenvalue weighted by molar-refractivity contribution is 5.82. The van der Waals surface area contributed by atoms with Crippen molar-refractivity contribution in [3.63, 3.8) is 0 Å². The zero-order valence-corrected chi connectivity index (χ0v) is 22.1. The number of para-hydroxylation sites is 1. The molecule has 0 unspecified atom stereocenters. The summed E-state index contributed by atoms with van der Waals surface area (Å²) in [6.07, 6.45) is 3.45.